The highest BCUT2D eigenvalue weighted by Gasteiger charge is 2.28. The van der Waals surface area contributed by atoms with E-state index in [-0.39, 0.29) is 18.2 Å². The summed E-state index contributed by atoms with van der Waals surface area (Å²) in [5.41, 5.74) is 2.62. The summed E-state index contributed by atoms with van der Waals surface area (Å²) in [4.78, 5) is 23.9. The molecule has 0 heterocycles. The fraction of sp³-hybridized carbons (Fsp3) is 0.263. The van der Waals surface area contributed by atoms with Crippen LogP contribution in [0.2, 0.25) is 0 Å². The predicted octanol–water partition coefficient (Wildman–Crippen LogP) is 4.59. The number of carbonyl (C=O) groups excluding carboxylic acids is 1. The van der Waals surface area contributed by atoms with E-state index in [0.717, 1.165) is 15.6 Å². The predicted molar refractivity (Wildman–Crippen MR) is 98.1 cm³/mol. The maximum absolute atomic E-state index is 12.3. The third-order valence-electron chi connectivity index (χ3n) is 4.11. The van der Waals surface area contributed by atoms with Crippen molar-refractivity contribution in [1.29, 1.82) is 0 Å². The third-order valence-corrected chi connectivity index (χ3v) is 4.96. The lowest BCUT2D eigenvalue weighted by molar-refractivity contribution is -0.144. The molecule has 0 fully saturated rings. The van der Waals surface area contributed by atoms with E-state index in [1.54, 1.807) is 6.07 Å². The van der Waals surface area contributed by atoms with Gasteiger partial charge >= 0.3 is 5.97 Å². The molecule has 0 aromatic heterocycles. The van der Waals surface area contributed by atoms with Gasteiger partial charge < -0.3 is 10.4 Å². The van der Waals surface area contributed by atoms with E-state index in [2.05, 4.69) is 21.2 Å². The van der Waals surface area contributed by atoms with Gasteiger partial charge in [0, 0.05) is 16.6 Å². The molecule has 2 N–H and O–H groups in total. The van der Waals surface area contributed by atoms with Crippen LogP contribution >= 0.6 is 15.9 Å². The van der Waals surface area contributed by atoms with Crippen LogP contribution in [0.15, 0.2) is 53.0 Å². The van der Waals surface area contributed by atoms with Crippen LogP contribution in [0.3, 0.4) is 0 Å². The number of hydrogen-bond acceptors (Lipinski definition) is 2. The number of carbonyl (C=O) groups is 2. The van der Waals surface area contributed by atoms with Gasteiger partial charge in [-0.15, -0.1) is 0 Å². The maximum atomic E-state index is 12.3. The zero-order valence-corrected chi connectivity index (χ0v) is 15.2. The second kappa shape index (κ2) is 8.11. The Labute approximate surface area is 150 Å². The minimum atomic E-state index is -0.966. The molecule has 126 valence electrons. The second-order valence-corrected chi connectivity index (χ2v) is 6.71. The number of benzene rings is 2. The molecule has 0 saturated carbocycles. The molecule has 2 aromatic carbocycles. The summed E-state index contributed by atoms with van der Waals surface area (Å²) in [6, 6.07) is 14.9. The van der Waals surface area contributed by atoms with Crippen LogP contribution in [0.4, 0.5) is 5.69 Å². The van der Waals surface area contributed by atoms with Gasteiger partial charge in [-0.2, -0.15) is 0 Å². The Kier molecular flexibility index (Phi) is 6.15. The quantitative estimate of drug-likeness (QED) is 0.758. The van der Waals surface area contributed by atoms with Crippen LogP contribution in [0, 0.1) is 12.8 Å². The summed E-state index contributed by atoms with van der Waals surface area (Å²) >= 11 is 3.42. The number of aliphatic carboxylic acids is 1. The minimum Gasteiger partial charge on any atom is -0.481 e. The van der Waals surface area contributed by atoms with E-state index in [1.165, 1.54) is 0 Å². The first-order valence-corrected chi connectivity index (χ1v) is 8.51. The number of aryl methyl sites for hydroxylation is 1. The van der Waals surface area contributed by atoms with Crippen molar-refractivity contribution in [3.8, 4) is 0 Å². The highest BCUT2D eigenvalue weighted by atomic mass is 79.9. The molecule has 4 nitrogen and oxygen atoms in total. The first-order chi connectivity index (χ1) is 11.4. The average molecular weight is 390 g/mol. The summed E-state index contributed by atoms with van der Waals surface area (Å²) < 4.78 is 0.896. The normalized spacial score (nSPS) is 13.1. The lowest BCUT2D eigenvalue weighted by Gasteiger charge is -2.20. The second-order valence-electron chi connectivity index (χ2n) is 5.86. The zero-order valence-electron chi connectivity index (χ0n) is 13.6. The first-order valence-electron chi connectivity index (χ1n) is 7.72. The minimum absolute atomic E-state index is 0.0725. The van der Waals surface area contributed by atoms with Gasteiger partial charge in [-0.25, -0.2) is 0 Å². The van der Waals surface area contributed by atoms with Gasteiger partial charge in [-0.1, -0.05) is 59.3 Å². The molecule has 24 heavy (non-hydrogen) atoms. The van der Waals surface area contributed by atoms with Crippen LogP contribution in [0.1, 0.15) is 30.4 Å². The van der Waals surface area contributed by atoms with Crippen molar-refractivity contribution >= 4 is 33.5 Å². The Morgan fingerprint density at radius 3 is 2.42 bits per heavy atom. The largest absolute Gasteiger partial charge is 0.481 e. The molecule has 0 aliphatic rings. The van der Waals surface area contributed by atoms with Crippen molar-refractivity contribution in [2.24, 2.45) is 5.92 Å². The van der Waals surface area contributed by atoms with Crippen LogP contribution in [-0.2, 0) is 9.59 Å². The average Bonchev–Trinajstić information content (AvgIpc) is 2.56. The van der Waals surface area contributed by atoms with E-state index in [9.17, 15) is 14.7 Å². The molecule has 0 radical (unpaired) electrons. The summed E-state index contributed by atoms with van der Waals surface area (Å²) in [5.74, 6) is -2.30. The molecular weight excluding hydrogens is 370 g/mol. The molecule has 1 amide bonds. The van der Waals surface area contributed by atoms with Crippen LogP contribution < -0.4 is 5.32 Å². The van der Waals surface area contributed by atoms with E-state index in [1.807, 2.05) is 56.3 Å². The van der Waals surface area contributed by atoms with Crippen molar-refractivity contribution in [3.63, 3.8) is 0 Å². The number of carboxylic acid groups (broad SMARTS) is 1. The lowest BCUT2D eigenvalue weighted by atomic mass is 9.85. The van der Waals surface area contributed by atoms with Crippen molar-refractivity contribution in [3.05, 3.63) is 64.1 Å². The number of rotatable bonds is 6. The van der Waals surface area contributed by atoms with Gasteiger partial charge in [0.25, 0.3) is 0 Å². The number of hydrogen-bond donors (Lipinski definition) is 2. The number of anilines is 1. The van der Waals surface area contributed by atoms with Crippen molar-refractivity contribution in [2.75, 3.05) is 5.32 Å². The number of carboxylic acids is 1. The highest BCUT2D eigenvalue weighted by molar-refractivity contribution is 9.10. The van der Waals surface area contributed by atoms with E-state index in [0.29, 0.717) is 5.69 Å². The summed E-state index contributed by atoms with van der Waals surface area (Å²) in [6.45, 7) is 3.79. The van der Waals surface area contributed by atoms with E-state index in [4.69, 9.17) is 0 Å². The fourth-order valence-corrected chi connectivity index (χ4v) is 2.93. The molecule has 0 saturated heterocycles. The molecule has 0 spiro atoms. The van der Waals surface area contributed by atoms with E-state index < -0.39 is 11.9 Å². The summed E-state index contributed by atoms with van der Waals surface area (Å²) in [5, 5.41) is 12.3. The van der Waals surface area contributed by atoms with Gasteiger partial charge in [0.15, 0.2) is 0 Å². The Balaban J connectivity index is 2.08. The zero-order chi connectivity index (χ0) is 17.7. The molecule has 5 heteroatoms. The van der Waals surface area contributed by atoms with Crippen LogP contribution in [0.5, 0.6) is 0 Å². The van der Waals surface area contributed by atoms with Gasteiger partial charge in [0.1, 0.15) is 0 Å². The van der Waals surface area contributed by atoms with Gasteiger partial charge in [-0.05, 0) is 36.1 Å². The first kappa shape index (κ1) is 18.2. The lowest BCUT2D eigenvalue weighted by Crippen LogP contribution is -2.26. The van der Waals surface area contributed by atoms with Crippen LogP contribution in [0.25, 0.3) is 0 Å². The molecule has 0 aliphatic carbocycles. The Hall–Kier alpha value is -2.14. The molecule has 0 unspecified atom stereocenters. The molecule has 2 rings (SSSR count). The third kappa shape index (κ3) is 4.68. The molecule has 0 aliphatic heterocycles. The Morgan fingerprint density at radius 1 is 1.17 bits per heavy atom. The Bertz CT molecular complexity index is 731. The molecule has 2 aromatic rings. The maximum Gasteiger partial charge on any atom is 0.307 e. The number of nitrogens with one attached hydrogen (secondary N) is 1. The van der Waals surface area contributed by atoms with Gasteiger partial charge in [-0.3, -0.25) is 9.59 Å². The summed E-state index contributed by atoms with van der Waals surface area (Å²) in [6.07, 6.45) is -0.0725. The molecule has 2 atom stereocenters. The van der Waals surface area contributed by atoms with Crippen LogP contribution in [-0.4, -0.2) is 17.0 Å². The van der Waals surface area contributed by atoms with Gasteiger partial charge in [0.2, 0.25) is 5.91 Å². The Morgan fingerprint density at radius 2 is 1.83 bits per heavy atom. The molecular formula is C19H20BrNO3. The van der Waals surface area contributed by atoms with Gasteiger partial charge in [0.05, 0.1) is 5.92 Å². The number of amides is 1. The van der Waals surface area contributed by atoms with Crippen molar-refractivity contribution < 1.29 is 14.7 Å². The highest BCUT2D eigenvalue weighted by Crippen LogP contribution is 2.28. The number of halogens is 1. The van der Waals surface area contributed by atoms with Crippen molar-refractivity contribution in [2.45, 2.75) is 26.2 Å². The standard InChI is InChI=1S/C19H20BrNO3/c1-12-8-9-15(10-17(12)20)21-18(22)11-16(19(23)24)13(2)14-6-4-3-5-7-14/h3-10,13,16H,11H2,1-2H3,(H,21,22)(H,23,24)/t13-,16+/m1/s1. The molecule has 0 bridgehead atoms. The topological polar surface area (TPSA) is 66.4 Å². The van der Waals surface area contributed by atoms with Crippen molar-refractivity contribution in [1.82, 2.24) is 0 Å². The summed E-state index contributed by atoms with van der Waals surface area (Å²) in [7, 11) is 0. The monoisotopic (exact) mass is 389 g/mol. The SMILES string of the molecule is Cc1ccc(NC(=O)C[C@H](C(=O)O)[C@H](C)c2ccccc2)cc1Br. The smallest absolute Gasteiger partial charge is 0.307 e. The van der Waals surface area contributed by atoms with E-state index >= 15 is 0 Å². The fourth-order valence-electron chi connectivity index (χ4n) is 2.55.